The van der Waals surface area contributed by atoms with Gasteiger partial charge in [-0.25, -0.2) is 0 Å². The lowest BCUT2D eigenvalue weighted by atomic mass is 10.1. The van der Waals surface area contributed by atoms with Gasteiger partial charge in [-0.3, -0.25) is 9.97 Å². The van der Waals surface area contributed by atoms with Crippen LogP contribution in [-0.2, 0) is 0 Å². The predicted molar refractivity (Wildman–Crippen MR) is 283 cm³/mol. The van der Waals surface area contributed by atoms with Crippen molar-refractivity contribution in [2.45, 2.75) is 40.5 Å². The molecule has 2 fully saturated rings. The van der Waals surface area contributed by atoms with Crippen LogP contribution in [0.4, 0.5) is 0 Å². The highest BCUT2D eigenvalue weighted by molar-refractivity contribution is 6.35. The molecule has 0 radical (unpaired) electrons. The van der Waals surface area contributed by atoms with Gasteiger partial charge in [0.1, 0.15) is 40.9 Å². The van der Waals surface area contributed by atoms with Gasteiger partial charge in [0.15, 0.2) is 0 Å². The topological polar surface area (TPSA) is 166 Å². The molecule has 0 amide bonds. The molecule has 0 saturated carbocycles. The summed E-state index contributed by atoms with van der Waals surface area (Å²) in [5.74, 6) is 2.89. The lowest BCUT2D eigenvalue weighted by molar-refractivity contribution is 0.145. The first-order valence-corrected chi connectivity index (χ1v) is 24.7. The number of fused-ring (bicyclic) bond motifs is 4. The summed E-state index contributed by atoms with van der Waals surface area (Å²) >= 11 is 6.16. The Morgan fingerprint density at radius 3 is 1.63 bits per heavy atom. The Kier molecular flexibility index (Phi) is 16.6. The van der Waals surface area contributed by atoms with E-state index in [0.717, 1.165) is 139 Å². The lowest BCUT2D eigenvalue weighted by Gasteiger charge is -2.32. The van der Waals surface area contributed by atoms with E-state index in [2.05, 4.69) is 79.6 Å². The van der Waals surface area contributed by atoms with Crippen LogP contribution in [0.25, 0.3) is 43.6 Å². The minimum Gasteiger partial charge on any atom is -0.508 e. The normalized spacial score (nSPS) is 14.7. The second-order valence-corrected chi connectivity index (χ2v) is 18.9. The number of nitrogens with one attached hydrogen (secondary N) is 2. The molecule has 0 bridgehead atoms. The largest absolute Gasteiger partial charge is 0.508 e. The number of pyridine rings is 2. The number of hydrogen-bond donors (Lipinski definition) is 3. The average Bonchev–Trinajstić information content (AvgIpc) is 3.82. The molecule has 14 nitrogen and oxygen atoms in total. The number of nitriles is 2. The minimum absolute atomic E-state index is 0.324. The Morgan fingerprint density at radius 1 is 0.592 bits per heavy atom. The number of nitrogens with zero attached hydrogens (tertiary/aromatic N) is 8. The third-order valence-electron chi connectivity index (χ3n) is 13.6. The van der Waals surface area contributed by atoms with Gasteiger partial charge in [0.25, 0.3) is 0 Å². The number of piperazine rings is 2. The molecule has 2 saturated heterocycles. The van der Waals surface area contributed by atoms with Crippen LogP contribution in [0.2, 0.25) is 5.02 Å². The molecule has 10 rings (SSSR count). The lowest BCUT2D eigenvalue weighted by Crippen LogP contribution is -2.44. The first kappa shape index (κ1) is 50.5. The van der Waals surface area contributed by atoms with E-state index in [1.807, 2.05) is 56.3 Å². The van der Waals surface area contributed by atoms with Crippen molar-refractivity contribution in [2.75, 3.05) is 92.8 Å². The van der Waals surface area contributed by atoms with Crippen molar-refractivity contribution in [3.63, 3.8) is 0 Å². The molecule has 368 valence electrons. The summed E-state index contributed by atoms with van der Waals surface area (Å²) in [5.41, 5.74) is 9.39. The van der Waals surface area contributed by atoms with Crippen molar-refractivity contribution in [1.82, 2.24) is 39.5 Å². The number of aromatic amines is 2. The highest BCUT2D eigenvalue weighted by atomic mass is 35.5. The van der Waals surface area contributed by atoms with Gasteiger partial charge in [-0.15, -0.1) is 0 Å². The Morgan fingerprint density at radius 2 is 1.08 bits per heavy atom. The molecule has 0 spiro atoms. The fraction of sp³-hybridized carbons (Fsp3) is 0.357. The van der Waals surface area contributed by atoms with Crippen LogP contribution >= 0.6 is 11.6 Å². The van der Waals surface area contributed by atoms with Crippen molar-refractivity contribution in [1.29, 1.82) is 10.5 Å². The van der Waals surface area contributed by atoms with E-state index in [4.69, 9.17) is 25.8 Å². The summed E-state index contributed by atoms with van der Waals surface area (Å²) in [6, 6.07) is 26.6. The Balaban J connectivity index is 0.000000161. The van der Waals surface area contributed by atoms with Crippen molar-refractivity contribution in [2.24, 2.45) is 0 Å². The summed E-state index contributed by atoms with van der Waals surface area (Å²) in [6.45, 7) is 20.3. The van der Waals surface area contributed by atoms with Crippen LogP contribution in [0.5, 0.6) is 28.7 Å². The number of phenols is 1. The molecule has 6 heterocycles. The zero-order valence-electron chi connectivity index (χ0n) is 41.6. The number of halogens is 1. The molecular weight excluding hydrogens is 912 g/mol. The maximum Gasteiger partial charge on any atom is 0.139 e. The molecule has 4 aromatic carbocycles. The second-order valence-electron chi connectivity index (χ2n) is 18.5. The number of likely N-dealkylation sites (N-methyl/N-ethyl adjacent to an activating group) is 2. The molecule has 2 aliphatic rings. The Labute approximate surface area is 420 Å². The number of aryl methyl sites for hydroxylation is 4. The molecular formula is C56H63ClN10O4. The number of hydrogen-bond acceptors (Lipinski definition) is 12. The van der Waals surface area contributed by atoms with E-state index in [-0.39, 0.29) is 0 Å². The molecule has 0 atom stereocenters. The first-order chi connectivity index (χ1) is 34.4. The molecule has 0 aliphatic carbocycles. The highest BCUT2D eigenvalue weighted by Crippen LogP contribution is 2.35. The van der Waals surface area contributed by atoms with Crippen molar-refractivity contribution >= 4 is 55.2 Å². The maximum absolute atomic E-state index is 9.79. The van der Waals surface area contributed by atoms with Crippen LogP contribution in [0, 0.1) is 50.4 Å². The van der Waals surface area contributed by atoms with Crippen molar-refractivity contribution < 1.29 is 19.3 Å². The van der Waals surface area contributed by atoms with Crippen LogP contribution < -0.4 is 14.2 Å². The molecule has 4 aromatic heterocycles. The average molecular weight is 976 g/mol. The van der Waals surface area contributed by atoms with Gasteiger partial charge >= 0.3 is 0 Å². The van der Waals surface area contributed by atoms with E-state index in [1.165, 1.54) is 11.1 Å². The van der Waals surface area contributed by atoms with Crippen molar-refractivity contribution in [3.8, 4) is 40.9 Å². The van der Waals surface area contributed by atoms with E-state index in [1.54, 1.807) is 42.7 Å². The molecule has 8 aromatic rings. The number of benzene rings is 4. The first-order valence-electron chi connectivity index (χ1n) is 24.3. The van der Waals surface area contributed by atoms with Gasteiger partial charge in [0.2, 0.25) is 0 Å². The Hall–Kier alpha value is -6.91. The summed E-state index contributed by atoms with van der Waals surface area (Å²) in [7, 11) is 4.32. The van der Waals surface area contributed by atoms with E-state index >= 15 is 0 Å². The van der Waals surface area contributed by atoms with Crippen LogP contribution in [0.3, 0.4) is 0 Å². The fourth-order valence-corrected chi connectivity index (χ4v) is 9.16. The number of ether oxygens (including phenoxy) is 3. The van der Waals surface area contributed by atoms with Gasteiger partial charge < -0.3 is 48.9 Å². The van der Waals surface area contributed by atoms with Gasteiger partial charge in [-0.05, 0) is 126 Å². The van der Waals surface area contributed by atoms with Crippen LogP contribution in [-0.4, -0.2) is 137 Å². The van der Waals surface area contributed by atoms with Gasteiger partial charge in [-0.2, -0.15) is 10.5 Å². The van der Waals surface area contributed by atoms with Gasteiger partial charge in [0, 0.05) is 134 Å². The van der Waals surface area contributed by atoms with Gasteiger partial charge in [-0.1, -0.05) is 11.6 Å². The van der Waals surface area contributed by atoms with E-state index in [9.17, 15) is 15.6 Å². The molecule has 3 N–H and O–H groups in total. The summed E-state index contributed by atoms with van der Waals surface area (Å²) < 4.78 is 18.1. The SMILES string of the molecule is CN1CCN(CCCOc2cc3nccc(Cl)c3cc2C#N)CC1.Cc1[nH]c2ccc(O)cc2c1C.Cc1[nH]c2ccc(Oc3ccnc4cc(OCCCN5CCN(C)CC5)c(C#N)cc34)cc2c1C. The molecule has 2 aliphatic heterocycles. The van der Waals surface area contributed by atoms with Crippen LogP contribution in [0.1, 0.15) is 46.5 Å². The number of H-pyrrole nitrogens is 2. The zero-order chi connectivity index (χ0) is 50.0. The minimum atomic E-state index is 0.324. The summed E-state index contributed by atoms with van der Waals surface area (Å²) in [4.78, 5) is 25.1. The highest BCUT2D eigenvalue weighted by Gasteiger charge is 2.17. The molecule has 0 unspecified atom stereocenters. The zero-order valence-corrected chi connectivity index (χ0v) is 42.4. The molecule has 71 heavy (non-hydrogen) atoms. The van der Waals surface area contributed by atoms with E-state index in [0.29, 0.717) is 52.4 Å². The van der Waals surface area contributed by atoms with Crippen LogP contribution in [0.15, 0.2) is 85.2 Å². The number of phenolic OH excluding ortho intramolecular Hbond substituents is 1. The second kappa shape index (κ2) is 23.3. The fourth-order valence-electron chi connectivity index (χ4n) is 8.95. The summed E-state index contributed by atoms with van der Waals surface area (Å²) in [5, 5.41) is 32.8. The molecule has 15 heteroatoms. The van der Waals surface area contributed by atoms with Gasteiger partial charge in [0.05, 0.1) is 40.4 Å². The van der Waals surface area contributed by atoms with Crippen molar-refractivity contribution in [3.05, 3.63) is 124 Å². The summed E-state index contributed by atoms with van der Waals surface area (Å²) in [6.07, 6.45) is 5.25. The third kappa shape index (κ3) is 12.5. The quantitative estimate of drug-likeness (QED) is 0.0994. The third-order valence-corrected chi connectivity index (χ3v) is 13.9. The Bertz CT molecular complexity index is 3210. The number of aromatic hydroxyl groups is 1. The number of aromatic nitrogens is 4. The monoisotopic (exact) mass is 974 g/mol. The smallest absolute Gasteiger partial charge is 0.139 e. The number of rotatable bonds is 12. The standard InChI is InChI=1S/C28H31N5O2.C18H21ClN4O.C10H11NO/c1-19-20(2)31-25-6-5-22(16-23(19)25)35-27-7-8-30-26-17-28(21(18-29)15-24(26)27)34-14-4-9-33-12-10-32(3)11-13-33;1-22-6-8-23(9-7-22)5-2-10-24-18-12-17-15(11-14(18)13-20)16(19)3-4-21-17;1-6-7(2)11-10-4-3-8(12)5-9(6)10/h5-8,15-17,31H,4,9-14H2,1-3H3;3-4,11-12H,2,5-10H2,1H3;3-5,11-12H,1-2H3. The van der Waals surface area contributed by atoms with E-state index < -0.39 is 0 Å². The maximum atomic E-state index is 9.79. The predicted octanol–water partition coefficient (Wildman–Crippen LogP) is 10.3.